The number of ether oxygens (including phenoxy) is 2. The van der Waals surface area contributed by atoms with Gasteiger partial charge in [0.25, 0.3) is 0 Å². The summed E-state index contributed by atoms with van der Waals surface area (Å²) in [6.07, 6.45) is 0.760. The van der Waals surface area contributed by atoms with Gasteiger partial charge in [-0.05, 0) is 5.92 Å². The Morgan fingerprint density at radius 2 is 2.35 bits per heavy atom. The first-order chi connectivity index (χ1) is 9.60. The van der Waals surface area contributed by atoms with Gasteiger partial charge in [0.05, 0.1) is 26.9 Å². The highest BCUT2D eigenvalue weighted by atomic mass is 16.5. The molecule has 2 heterocycles. The van der Waals surface area contributed by atoms with Crippen molar-refractivity contribution in [3.8, 4) is 0 Å². The molecule has 0 N–H and O–H groups in total. The smallest absolute Gasteiger partial charge is 0.325 e. The van der Waals surface area contributed by atoms with Gasteiger partial charge in [-0.25, -0.2) is 0 Å². The van der Waals surface area contributed by atoms with Crippen LogP contribution in [0.4, 0.5) is 0 Å². The number of hydrogen-bond acceptors (Lipinski definition) is 7. The first-order valence-corrected chi connectivity index (χ1v) is 6.81. The molecule has 1 saturated heterocycles. The van der Waals surface area contributed by atoms with Crippen molar-refractivity contribution >= 4 is 5.97 Å². The van der Waals surface area contributed by atoms with E-state index in [0.717, 1.165) is 6.42 Å². The second-order valence-electron chi connectivity index (χ2n) is 5.29. The van der Waals surface area contributed by atoms with Gasteiger partial charge in [0.1, 0.15) is 6.04 Å². The van der Waals surface area contributed by atoms with Gasteiger partial charge >= 0.3 is 5.97 Å². The lowest BCUT2D eigenvalue weighted by Gasteiger charge is -2.32. The predicted octanol–water partition coefficient (Wildman–Crippen LogP) is 0.642. The summed E-state index contributed by atoms with van der Waals surface area (Å²) in [5, 5.41) is 3.96. The minimum absolute atomic E-state index is 0.296. The average molecular weight is 283 g/mol. The number of morpholine rings is 1. The Balaban J connectivity index is 1.99. The molecule has 0 radical (unpaired) electrons. The molecule has 0 aromatic carbocycles. The Morgan fingerprint density at radius 1 is 1.55 bits per heavy atom. The van der Waals surface area contributed by atoms with Gasteiger partial charge in [0.2, 0.25) is 5.89 Å². The molecule has 1 atom stereocenters. The third-order valence-corrected chi connectivity index (χ3v) is 3.15. The van der Waals surface area contributed by atoms with Crippen molar-refractivity contribution in [3.63, 3.8) is 0 Å². The maximum Gasteiger partial charge on any atom is 0.325 e. The quantitative estimate of drug-likeness (QED) is 0.734. The van der Waals surface area contributed by atoms with Gasteiger partial charge < -0.3 is 14.0 Å². The van der Waals surface area contributed by atoms with Crippen molar-refractivity contribution in [2.24, 2.45) is 5.92 Å². The van der Waals surface area contributed by atoms with Crippen LogP contribution in [0.3, 0.4) is 0 Å². The lowest BCUT2D eigenvalue weighted by atomic mass is 10.1. The van der Waals surface area contributed by atoms with Crippen molar-refractivity contribution in [2.45, 2.75) is 32.9 Å². The Bertz CT molecular complexity index is 447. The van der Waals surface area contributed by atoms with E-state index in [1.807, 2.05) is 4.90 Å². The Labute approximate surface area is 118 Å². The number of rotatable bonds is 5. The van der Waals surface area contributed by atoms with E-state index in [2.05, 4.69) is 24.0 Å². The fourth-order valence-corrected chi connectivity index (χ4v) is 2.15. The molecule has 112 valence electrons. The lowest BCUT2D eigenvalue weighted by Crippen LogP contribution is -2.49. The number of hydrogen-bond donors (Lipinski definition) is 0. The van der Waals surface area contributed by atoms with Crippen molar-refractivity contribution in [1.29, 1.82) is 0 Å². The van der Waals surface area contributed by atoms with E-state index in [0.29, 0.717) is 43.9 Å². The molecule has 0 amide bonds. The summed E-state index contributed by atoms with van der Waals surface area (Å²) in [6.45, 7) is 6.23. The monoisotopic (exact) mass is 283 g/mol. The zero-order chi connectivity index (χ0) is 14.5. The van der Waals surface area contributed by atoms with E-state index in [4.69, 9.17) is 14.0 Å². The van der Waals surface area contributed by atoms with Crippen molar-refractivity contribution < 1.29 is 18.8 Å². The first-order valence-electron chi connectivity index (χ1n) is 6.81. The molecule has 1 fully saturated rings. The predicted molar refractivity (Wildman–Crippen MR) is 69.9 cm³/mol. The molecule has 0 spiro atoms. The van der Waals surface area contributed by atoms with Crippen LogP contribution in [0.15, 0.2) is 4.52 Å². The van der Waals surface area contributed by atoms with Crippen LogP contribution >= 0.6 is 0 Å². The summed E-state index contributed by atoms with van der Waals surface area (Å²) in [7, 11) is 1.38. The maximum atomic E-state index is 11.7. The van der Waals surface area contributed by atoms with Crippen LogP contribution in [-0.4, -0.2) is 53.9 Å². The Morgan fingerprint density at radius 3 is 3.05 bits per heavy atom. The van der Waals surface area contributed by atoms with E-state index >= 15 is 0 Å². The number of carbonyl (C=O) groups excluding carboxylic acids is 1. The summed E-state index contributed by atoms with van der Waals surface area (Å²) in [6, 6.07) is -0.402. The molecule has 7 heteroatoms. The van der Waals surface area contributed by atoms with Gasteiger partial charge in [-0.1, -0.05) is 19.0 Å². The van der Waals surface area contributed by atoms with Crippen LogP contribution in [0.2, 0.25) is 0 Å². The van der Waals surface area contributed by atoms with E-state index in [9.17, 15) is 4.79 Å². The van der Waals surface area contributed by atoms with Crippen LogP contribution in [-0.2, 0) is 27.2 Å². The summed E-state index contributed by atoms with van der Waals surface area (Å²) in [5.74, 6) is 1.40. The molecule has 7 nitrogen and oxygen atoms in total. The van der Waals surface area contributed by atoms with Crippen molar-refractivity contribution in [1.82, 2.24) is 15.0 Å². The number of aromatic nitrogens is 2. The highest BCUT2D eigenvalue weighted by Crippen LogP contribution is 2.13. The molecular formula is C13H21N3O4. The maximum absolute atomic E-state index is 11.7. The number of nitrogens with zero attached hydrogens (tertiary/aromatic N) is 3. The fraction of sp³-hybridized carbons (Fsp3) is 0.769. The molecular weight excluding hydrogens is 262 g/mol. The second kappa shape index (κ2) is 6.81. The molecule has 0 aliphatic carbocycles. The van der Waals surface area contributed by atoms with Gasteiger partial charge in [0.15, 0.2) is 5.82 Å². The van der Waals surface area contributed by atoms with Crippen LogP contribution in [0.1, 0.15) is 25.6 Å². The van der Waals surface area contributed by atoms with Crippen LogP contribution in [0.25, 0.3) is 0 Å². The molecule has 0 saturated carbocycles. The Kier molecular flexibility index (Phi) is 5.08. The summed E-state index contributed by atoms with van der Waals surface area (Å²) in [4.78, 5) is 18.0. The van der Waals surface area contributed by atoms with Crippen LogP contribution in [0, 0.1) is 5.92 Å². The van der Waals surface area contributed by atoms with E-state index in [1.54, 1.807) is 0 Å². The largest absolute Gasteiger partial charge is 0.468 e. The normalized spacial score (nSPS) is 20.3. The standard InChI is InChI=1S/C13H21N3O4/c1-9(2)6-12-14-11(15-20-12)7-16-4-5-19-8-10(16)13(17)18-3/h9-10H,4-8H2,1-3H3. The first kappa shape index (κ1) is 14.9. The van der Waals surface area contributed by atoms with E-state index < -0.39 is 6.04 Å². The van der Waals surface area contributed by atoms with Gasteiger partial charge in [-0.2, -0.15) is 4.98 Å². The number of methoxy groups -OCH3 is 1. The van der Waals surface area contributed by atoms with Crippen molar-refractivity contribution in [3.05, 3.63) is 11.7 Å². The molecule has 2 rings (SSSR count). The molecule has 20 heavy (non-hydrogen) atoms. The highest BCUT2D eigenvalue weighted by molar-refractivity contribution is 5.75. The van der Waals surface area contributed by atoms with Gasteiger partial charge in [-0.15, -0.1) is 0 Å². The van der Waals surface area contributed by atoms with Gasteiger partial charge in [-0.3, -0.25) is 9.69 Å². The van der Waals surface area contributed by atoms with E-state index in [-0.39, 0.29) is 5.97 Å². The molecule has 0 bridgehead atoms. The Hall–Kier alpha value is -1.47. The van der Waals surface area contributed by atoms with Gasteiger partial charge in [0, 0.05) is 13.0 Å². The minimum Gasteiger partial charge on any atom is -0.468 e. The minimum atomic E-state index is -0.402. The average Bonchev–Trinajstić information content (AvgIpc) is 2.85. The molecule has 1 aliphatic heterocycles. The molecule has 1 aromatic rings. The number of carbonyl (C=O) groups is 1. The highest BCUT2D eigenvalue weighted by Gasteiger charge is 2.31. The van der Waals surface area contributed by atoms with Crippen LogP contribution in [0.5, 0.6) is 0 Å². The summed E-state index contributed by atoms with van der Waals surface area (Å²) >= 11 is 0. The lowest BCUT2D eigenvalue weighted by molar-refractivity contribution is -0.153. The summed E-state index contributed by atoms with van der Waals surface area (Å²) < 4.78 is 15.3. The van der Waals surface area contributed by atoms with E-state index in [1.165, 1.54) is 7.11 Å². The van der Waals surface area contributed by atoms with Crippen molar-refractivity contribution in [2.75, 3.05) is 26.9 Å². The third-order valence-electron chi connectivity index (χ3n) is 3.15. The topological polar surface area (TPSA) is 77.7 Å². The second-order valence-corrected chi connectivity index (χ2v) is 5.29. The summed E-state index contributed by atoms with van der Waals surface area (Å²) in [5.41, 5.74) is 0. The number of esters is 1. The fourth-order valence-electron chi connectivity index (χ4n) is 2.15. The SMILES string of the molecule is COC(=O)C1COCCN1Cc1noc(CC(C)C)n1. The zero-order valence-corrected chi connectivity index (χ0v) is 12.2. The zero-order valence-electron chi connectivity index (χ0n) is 12.2. The molecule has 1 aliphatic rings. The third kappa shape index (κ3) is 3.77. The molecule has 1 aromatic heterocycles. The van der Waals surface area contributed by atoms with Crippen LogP contribution < -0.4 is 0 Å². The molecule has 1 unspecified atom stereocenters.